The van der Waals surface area contributed by atoms with Crippen molar-refractivity contribution in [3.05, 3.63) is 78.1 Å². The van der Waals surface area contributed by atoms with Crippen molar-refractivity contribution < 1.29 is 9.18 Å². The van der Waals surface area contributed by atoms with E-state index in [1.54, 1.807) is 24.3 Å². The van der Waals surface area contributed by atoms with Gasteiger partial charge in [-0.05, 0) is 23.8 Å². The van der Waals surface area contributed by atoms with Gasteiger partial charge in [0.25, 0.3) is 5.91 Å². The number of benzene rings is 2. The van der Waals surface area contributed by atoms with Crippen LogP contribution < -0.4 is 5.32 Å². The predicted octanol–water partition coefficient (Wildman–Crippen LogP) is 4.28. The zero-order chi connectivity index (χ0) is 14.4. The number of carbonyl (C=O) groups is 1. The summed E-state index contributed by atoms with van der Waals surface area (Å²) in [7, 11) is 0. The van der Waals surface area contributed by atoms with Gasteiger partial charge in [0.15, 0.2) is 5.83 Å². The minimum atomic E-state index is -0.773. The highest BCUT2D eigenvalue weighted by atomic mass is 19.1. The fourth-order valence-electron chi connectivity index (χ4n) is 1.86. The molecule has 20 heavy (non-hydrogen) atoms. The molecule has 2 rings (SSSR count). The molecule has 0 saturated carbocycles. The van der Waals surface area contributed by atoms with Crippen molar-refractivity contribution in [1.82, 2.24) is 0 Å². The summed E-state index contributed by atoms with van der Waals surface area (Å²) in [4.78, 5) is 11.7. The Hall–Kier alpha value is -2.42. The number of carbonyl (C=O) groups excluding carboxylic acids is 1. The van der Waals surface area contributed by atoms with Crippen molar-refractivity contribution in [1.29, 1.82) is 0 Å². The average Bonchev–Trinajstić information content (AvgIpc) is 2.49. The van der Waals surface area contributed by atoms with Crippen molar-refractivity contribution in [2.45, 2.75) is 12.8 Å². The largest absolute Gasteiger partial charge is 0.320 e. The van der Waals surface area contributed by atoms with Crippen LogP contribution in [0.25, 0.3) is 0 Å². The summed E-state index contributed by atoms with van der Waals surface area (Å²) < 4.78 is 13.9. The molecule has 0 aliphatic heterocycles. The molecule has 2 aromatic rings. The molecule has 0 radical (unpaired) electrons. The minimum absolute atomic E-state index is 0.155. The first-order chi connectivity index (χ1) is 9.66. The molecule has 0 bridgehead atoms. The van der Waals surface area contributed by atoms with Gasteiger partial charge >= 0.3 is 0 Å². The molecule has 1 amide bonds. The van der Waals surface area contributed by atoms with E-state index in [9.17, 15) is 9.18 Å². The minimum Gasteiger partial charge on any atom is -0.320 e. The lowest BCUT2D eigenvalue weighted by Gasteiger charge is -2.07. The Bertz CT molecular complexity index is 593. The summed E-state index contributed by atoms with van der Waals surface area (Å²) in [6.45, 7) is 1.85. The van der Waals surface area contributed by atoms with Crippen molar-refractivity contribution in [3.8, 4) is 0 Å². The maximum Gasteiger partial charge on any atom is 0.284 e. The van der Waals surface area contributed by atoms with E-state index in [1.807, 2.05) is 43.3 Å². The van der Waals surface area contributed by atoms with Crippen LogP contribution in [0.5, 0.6) is 0 Å². The van der Waals surface area contributed by atoms with Gasteiger partial charge < -0.3 is 5.32 Å². The number of anilines is 1. The van der Waals surface area contributed by atoms with E-state index in [1.165, 1.54) is 6.08 Å². The molecule has 3 heteroatoms. The van der Waals surface area contributed by atoms with Gasteiger partial charge in [0.2, 0.25) is 0 Å². The van der Waals surface area contributed by atoms with Gasteiger partial charge in [-0.1, -0.05) is 55.5 Å². The van der Waals surface area contributed by atoms with Crippen molar-refractivity contribution >= 4 is 11.6 Å². The summed E-state index contributed by atoms with van der Waals surface area (Å²) in [5, 5.41) is 2.52. The predicted molar refractivity (Wildman–Crippen MR) is 79.1 cm³/mol. The van der Waals surface area contributed by atoms with Gasteiger partial charge in [0, 0.05) is 11.6 Å². The second-order valence-electron chi connectivity index (χ2n) is 4.53. The summed E-state index contributed by atoms with van der Waals surface area (Å²) in [5.41, 5.74) is 1.54. The van der Waals surface area contributed by atoms with Crippen LogP contribution in [0, 0.1) is 0 Å². The van der Waals surface area contributed by atoms with E-state index >= 15 is 0 Å². The third-order valence-electron chi connectivity index (χ3n) is 2.97. The van der Waals surface area contributed by atoms with Crippen LogP contribution in [0.3, 0.4) is 0 Å². The third-order valence-corrected chi connectivity index (χ3v) is 2.97. The van der Waals surface area contributed by atoms with E-state index in [-0.39, 0.29) is 5.92 Å². The zero-order valence-electron chi connectivity index (χ0n) is 11.2. The van der Waals surface area contributed by atoms with E-state index in [0.717, 1.165) is 5.56 Å². The summed E-state index contributed by atoms with van der Waals surface area (Å²) in [5.74, 6) is -1.65. The Morgan fingerprint density at radius 2 is 1.60 bits per heavy atom. The average molecular weight is 269 g/mol. The number of hydrogen-bond donors (Lipinski definition) is 1. The fourth-order valence-corrected chi connectivity index (χ4v) is 1.86. The molecular weight excluding hydrogens is 253 g/mol. The lowest BCUT2D eigenvalue weighted by atomic mass is 10.0. The van der Waals surface area contributed by atoms with Gasteiger partial charge in [-0.25, -0.2) is 4.39 Å². The molecule has 0 aromatic heterocycles. The Labute approximate surface area is 118 Å². The quantitative estimate of drug-likeness (QED) is 0.824. The lowest BCUT2D eigenvalue weighted by Crippen LogP contribution is -2.12. The normalized spacial score (nSPS) is 12.8. The second-order valence-corrected chi connectivity index (χ2v) is 4.53. The zero-order valence-corrected chi connectivity index (χ0v) is 11.2. The number of para-hydroxylation sites is 1. The van der Waals surface area contributed by atoms with Crippen LogP contribution in [-0.2, 0) is 4.79 Å². The third kappa shape index (κ3) is 3.79. The maximum atomic E-state index is 13.9. The molecule has 0 aliphatic rings. The van der Waals surface area contributed by atoms with Crippen molar-refractivity contribution in [2.75, 3.05) is 5.32 Å². The molecule has 0 spiro atoms. The topological polar surface area (TPSA) is 29.1 Å². The van der Waals surface area contributed by atoms with E-state index < -0.39 is 11.7 Å². The van der Waals surface area contributed by atoms with E-state index in [2.05, 4.69) is 5.32 Å². The molecule has 1 atom stereocenters. The number of nitrogens with one attached hydrogen (secondary N) is 1. The molecule has 1 unspecified atom stereocenters. The van der Waals surface area contributed by atoms with Crippen molar-refractivity contribution in [2.24, 2.45) is 0 Å². The first kappa shape index (κ1) is 14.0. The van der Waals surface area contributed by atoms with Gasteiger partial charge in [-0.3, -0.25) is 4.79 Å². The highest BCUT2D eigenvalue weighted by molar-refractivity contribution is 6.02. The Morgan fingerprint density at radius 3 is 2.20 bits per heavy atom. The van der Waals surface area contributed by atoms with Crippen LogP contribution >= 0.6 is 0 Å². The lowest BCUT2D eigenvalue weighted by molar-refractivity contribution is -0.114. The van der Waals surface area contributed by atoms with E-state index in [0.29, 0.717) is 5.69 Å². The second kappa shape index (κ2) is 6.66. The van der Waals surface area contributed by atoms with Gasteiger partial charge in [0.1, 0.15) is 0 Å². The van der Waals surface area contributed by atoms with Crippen molar-refractivity contribution in [3.63, 3.8) is 0 Å². The monoisotopic (exact) mass is 269 g/mol. The summed E-state index contributed by atoms with van der Waals surface area (Å²) in [6, 6.07) is 18.3. The molecule has 1 N–H and O–H groups in total. The molecule has 0 saturated heterocycles. The highest BCUT2D eigenvalue weighted by Crippen LogP contribution is 2.19. The Kier molecular flexibility index (Phi) is 4.66. The fraction of sp³-hybridized carbons (Fsp3) is 0.118. The van der Waals surface area contributed by atoms with E-state index in [4.69, 9.17) is 0 Å². The van der Waals surface area contributed by atoms with Crippen LogP contribution in [0.2, 0.25) is 0 Å². The number of hydrogen-bond acceptors (Lipinski definition) is 1. The Balaban J connectivity index is 2.05. The molecular formula is C17H16FNO. The SMILES string of the molecule is CC(/C=C(/F)C(=O)Nc1ccccc1)c1ccccc1. The summed E-state index contributed by atoms with van der Waals surface area (Å²) >= 11 is 0. The molecule has 2 nitrogen and oxygen atoms in total. The van der Waals surface area contributed by atoms with Gasteiger partial charge in [-0.15, -0.1) is 0 Å². The first-order valence-electron chi connectivity index (χ1n) is 6.45. The smallest absolute Gasteiger partial charge is 0.284 e. The number of halogens is 1. The molecule has 102 valence electrons. The number of rotatable bonds is 4. The van der Waals surface area contributed by atoms with Crippen LogP contribution in [0.15, 0.2) is 72.6 Å². The Morgan fingerprint density at radius 1 is 1.05 bits per heavy atom. The van der Waals surface area contributed by atoms with Gasteiger partial charge in [-0.2, -0.15) is 0 Å². The van der Waals surface area contributed by atoms with Crippen LogP contribution in [0.1, 0.15) is 18.4 Å². The maximum absolute atomic E-state index is 13.9. The highest BCUT2D eigenvalue weighted by Gasteiger charge is 2.11. The first-order valence-corrected chi connectivity index (χ1v) is 6.45. The molecule has 0 aliphatic carbocycles. The summed E-state index contributed by atoms with van der Waals surface area (Å²) in [6.07, 6.45) is 1.33. The van der Waals surface area contributed by atoms with Gasteiger partial charge in [0.05, 0.1) is 0 Å². The van der Waals surface area contributed by atoms with Crippen LogP contribution in [-0.4, -0.2) is 5.91 Å². The van der Waals surface area contributed by atoms with Crippen LogP contribution in [0.4, 0.5) is 10.1 Å². The molecule has 0 heterocycles. The molecule has 0 fully saturated rings. The standard InChI is InChI=1S/C17H16FNO/c1-13(14-8-4-2-5-9-14)12-16(18)17(20)19-15-10-6-3-7-11-15/h2-13H,1H3,(H,19,20)/b16-12+. The number of amides is 1. The number of allylic oxidation sites excluding steroid dienone is 1. The molecule has 2 aromatic carbocycles.